The summed E-state index contributed by atoms with van der Waals surface area (Å²) in [6.45, 7) is 4.04. The Balaban J connectivity index is 1.59. The van der Waals surface area contributed by atoms with Gasteiger partial charge in [0.15, 0.2) is 0 Å². The molecule has 0 bridgehead atoms. The predicted molar refractivity (Wildman–Crippen MR) is 117 cm³/mol. The van der Waals surface area contributed by atoms with Gasteiger partial charge in [0.1, 0.15) is 0 Å². The summed E-state index contributed by atoms with van der Waals surface area (Å²) in [5.41, 5.74) is 5.27. The van der Waals surface area contributed by atoms with Crippen LogP contribution in [0.2, 0.25) is 0 Å². The molecule has 168 valence electrons. The Labute approximate surface area is 189 Å². The number of rotatable bonds is 6. The van der Waals surface area contributed by atoms with Crippen LogP contribution >= 0.6 is 23.9 Å². The first-order valence-corrected chi connectivity index (χ1v) is 13.9. The van der Waals surface area contributed by atoms with Crippen molar-refractivity contribution in [1.29, 1.82) is 0 Å². The van der Waals surface area contributed by atoms with Crippen molar-refractivity contribution < 1.29 is 25.9 Å². The van der Waals surface area contributed by atoms with Crippen LogP contribution in [0.4, 0.5) is 0 Å². The Kier molecular flexibility index (Phi) is 6.17. The first-order chi connectivity index (χ1) is 14.5. The largest absolute Gasteiger partial charge is 0.294 e. The van der Waals surface area contributed by atoms with E-state index in [9.17, 15) is 25.9 Å². The summed E-state index contributed by atoms with van der Waals surface area (Å²) < 4.78 is 68.5. The normalized spacial score (nSPS) is 21.9. The molecule has 0 saturated carbocycles. The summed E-state index contributed by atoms with van der Waals surface area (Å²) in [5, 5.41) is 0. The molecule has 2 heterocycles. The fourth-order valence-electron chi connectivity index (χ4n) is 3.70. The van der Waals surface area contributed by atoms with E-state index in [0.717, 1.165) is 33.8 Å². The molecule has 4 rings (SSSR count). The summed E-state index contributed by atoms with van der Waals surface area (Å²) in [4.78, 5) is 1.17. The van der Waals surface area contributed by atoms with Gasteiger partial charge in [-0.25, -0.2) is 0 Å². The fourth-order valence-corrected chi connectivity index (χ4v) is 7.35. The monoisotopic (exact) mass is 503 g/mol. The summed E-state index contributed by atoms with van der Waals surface area (Å²) in [6, 6.07) is 9.06. The molecule has 13 heteroatoms. The Hall–Kier alpha value is -1.16. The Morgan fingerprint density at radius 2 is 1.19 bits per heavy atom. The zero-order valence-electron chi connectivity index (χ0n) is 16.6. The SMILES string of the molecule is CCC1c2ccc(S(=O)(=O)O)cc2SN1NN1Sc2cc(S(=O)(=O)O)ccc2C1CC. The minimum Gasteiger partial charge on any atom is -0.282 e. The van der Waals surface area contributed by atoms with Crippen molar-refractivity contribution in [2.24, 2.45) is 0 Å². The average molecular weight is 504 g/mol. The highest BCUT2D eigenvalue weighted by atomic mass is 32.2. The predicted octanol–water partition coefficient (Wildman–Crippen LogP) is 3.85. The molecule has 0 aliphatic carbocycles. The van der Waals surface area contributed by atoms with Crippen LogP contribution < -0.4 is 5.53 Å². The van der Waals surface area contributed by atoms with Crippen LogP contribution in [-0.4, -0.2) is 34.8 Å². The number of nitrogens with zero attached hydrogens (tertiary/aromatic N) is 2. The molecule has 9 nitrogen and oxygen atoms in total. The molecule has 2 unspecified atom stereocenters. The van der Waals surface area contributed by atoms with E-state index in [4.69, 9.17) is 0 Å². The smallest absolute Gasteiger partial charge is 0.282 e. The lowest BCUT2D eigenvalue weighted by molar-refractivity contribution is 0.121. The minimum absolute atomic E-state index is 0.0364. The number of hydrazine groups is 2. The zero-order chi connectivity index (χ0) is 22.6. The highest BCUT2D eigenvalue weighted by Gasteiger charge is 2.37. The van der Waals surface area contributed by atoms with E-state index in [1.165, 1.54) is 48.2 Å². The molecule has 2 aliphatic heterocycles. The Morgan fingerprint density at radius 3 is 1.52 bits per heavy atom. The van der Waals surface area contributed by atoms with Crippen molar-refractivity contribution in [3.63, 3.8) is 0 Å². The van der Waals surface area contributed by atoms with Gasteiger partial charge in [0.2, 0.25) is 0 Å². The summed E-state index contributed by atoms with van der Waals surface area (Å²) in [7, 11) is -8.58. The molecule has 2 aromatic carbocycles. The van der Waals surface area contributed by atoms with Gasteiger partial charge in [-0.05, 0) is 72.1 Å². The van der Waals surface area contributed by atoms with Crippen LogP contribution in [0.15, 0.2) is 56.0 Å². The standard InChI is InChI=1S/C18H21N3O6S4/c1-3-15-13-7-5-11(30(22,23)24)9-17(13)28-20(15)19-21-16(4-2)14-8-6-12(31(25,26)27)10-18(14)29-21/h5-10,15-16,19H,3-4H2,1-2H3,(H,22,23,24)(H,25,26,27). The third-order valence-corrected chi connectivity index (χ3v) is 9.08. The zero-order valence-corrected chi connectivity index (χ0v) is 19.9. The van der Waals surface area contributed by atoms with E-state index in [0.29, 0.717) is 0 Å². The fraction of sp³-hybridized carbons (Fsp3) is 0.333. The number of nitrogens with one attached hydrogen (secondary N) is 1. The van der Waals surface area contributed by atoms with Gasteiger partial charge in [0, 0.05) is 9.79 Å². The lowest BCUT2D eigenvalue weighted by Gasteiger charge is -2.31. The number of hydrogen-bond acceptors (Lipinski definition) is 9. The maximum atomic E-state index is 11.5. The third kappa shape index (κ3) is 4.38. The quantitative estimate of drug-likeness (QED) is 0.393. The molecule has 0 spiro atoms. The summed E-state index contributed by atoms with van der Waals surface area (Å²) >= 11 is 2.68. The van der Waals surface area contributed by atoms with Crippen LogP contribution in [-0.2, 0) is 20.2 Å². The van der Waals surface area contributed by atoms with Crippen LogP contribution in [0.1, 0.15) is 49.9 Å². The van der Waals surface area contributed by atoms with Gasteiger partial charge in [-0.1, -0.05) is 26.0 Å². The second-order valence-electron chi connectivity index (χ2n) is 7.13. The second-order valence-corrected chi connectivity index (χ2v) is 12.0. The van der Waals surface area contributed by atoms with Gasteiger partial charge in [-0.3, -0.25) is 9.11 Å². The molecular formula is C18H21N3O6S4. The van der Waals surface area contributed by atoms with Crippen LogP contribution in [0, 0.1) is 0 Å². The van der Waals surface area contributed by atoms with Gasteiger partial charge < -0.3 is 0 Å². The molecule has 2 aliphatic rings. The maximum absolute atomic E-state index is 11.5. The lowest BCUT2D eigenvalue weighted by Crippen LogP contribution is -2.42. The Morgan fingerprint density at radius 1 is 0.806 bits per heavy atom. The van der Waals surface area contributed by atoms with Crippen molar-refractivity contribution in [2.75, 3.05) is 0 Å². The first kappa shape index (κ1) is 23.0. The molecule has 0 fully saturated rings. The van der Waals surface area contributed by atoms with Crippen molar-refractivity contribution >= 4 is 44.1 Å². The van der Waals surface area contributed by atoms with Crippen LogP contribution in [0.25, 0.3) is 0 Å². The summed E-state index contributed by atoms with van der Waals surface area (Å²) in [6.07, 6.45) is 1.51. The van der Waals surface area contributed by atoms with E-state index in [2.05, 4.69) is 5.53 Å². The molecule has 31 heavy (non-hydrogen) atoms. The molecular weight excluding hydrogens is 482 g/mol. The van der Waals surface area contributed by atoms with Crippen LogP contribution in [0.3, 0.4) is 0 Å². The molecule has 0 radical (unpaired) electrons. The highest BCUT2D eigenvalue weighted by molar-refractivity contribution is 7.98. The van der Waals surface area contributed by atoms with Crippen molar-refractivity contribution in [2.45, 2.75) is 58.4 Å². The van der Waals surface area contributed by atoms with Crippen molar-refractivity contribution in [1.82, 2.24) is 14.4 Å². The average Bonchev–Trinajstić information content (AvgIpc) is 3.21. The number of fused-ring (bicyclic) bond motifs is 2. The highest BCUT2D eigenvalue weighted by Crippen LogP contribution is 2.49. The van der Waals surface area contributed by atoms with Gasteiger partial charge in [0.25, 0.3) is 20.2 Å². The molecule has 0 amide bonds. The van der Waals surface area contributed by atoms with Gasteiger partial charge in [-0.2, -0.15) is 31.2 Å². The van der Waals surface area contributed by atoms with E-state index in [1.807, 2.05) is 22.7 Å². The summed E-state index contributed by atoms with van der Waals surface area (Å²) in [5.74, 6) is 0. The number of hydrogen-bond donors (Lipinski definition) is 3. The van der Waals surface area contributed by atoms with Gasteiger partial charge >= 0.3 is 0 Å². The van der Waals surface area contributed by atoms with Crippen LogP contribution in [0.5, 0.6) is 0 Å². The molecule has 0 aromatic heterocycles. The topological polar surface area (TPSA) is 127 Å². The minimum atomic E-state index is -4.29. The van der Waals surface area contributed by atoms with Crippen molar-refractivity contribution in [3.05, 3.63) is 47.5 Å². The van der Waals surface area contributed by atoms with Gasteiger partial charge in [0.05, 0.1) is 21.9 Å². The second kappa shape index (κ2) is 8.32. The molecule has 2 atom stereocenters. The first-order valence-electron chi connectivity index (χ1n) is 9.46. The van der Waals surface area contributed by atoms with Gasteiger partial charge in [-0.15, -0.1) is 0 Å². The molecule has 3 N–H and O–H groups in total. The maximum Gasteiger partial charge on any atom is 0.294 e. The van der Waals surface area contributed by atoms with Crippen molar-refractivity contribution in [3.8, 4) is 0 Å². The lowest BCUT2D eigenvalue weighted by atomic mass is 10.1. The Bertz CT molecular complexity index is 1140. The molecule has 2 aromatic rings. The number of benzene rings is 2. The van der Waals surface area contributed by atoms with E-state index in [1.54, 1.807) is 12.1 Å². The van der Waals surface area contributed by atoms with E-state index in [-0.39, 0.29) is 21.9 Å². The third-order valence-electron chi connectivity index (χ3n) is 5.21. The van der Waals surface area contributed by atoms with E-state index < -0.39 is 20.2 Å². The molecule has 0 saturated heterocycles. The van der Waals surface area contributed by atoms with E-state index >= 15 is 0 Å².